The van der Waals surface area contributed by atoms with Gasteiger partial charge in [-0.05, 0) is 82.9 Å². The summed E-state index contributed by atoms with van der Waals surface area (Å²) in [5, 5.41) is 6.44. The lowest BCUT2D eigenvalue weighted by Crippen LogP contribution is -2.00. The predicted octanol–water partition coefficient (Wildman–Crippen LogP) is 13.9. The monoisotopic (exact) mass is 731 g/mol. The molecule has 4 heterocycles. The molecule has 12 rings (SSSR count). The fourth-order valence-corrected chi connectivity index (χ4v) is 8.07. The second-order valence-electron chi connectivity index (χ2n) is 14.4. The van der Waals surface area contributed by atoms with E-state index in [1.807, 2.05) is 66.7 Å². The van der Waals surface area contributed by atoms with Crippen molar-refractivity contribution in [1.82, 2.24) is 15.0 Å². The molecule has 0 aliphatic carbocycles. The summed E-state index contributed by atoms with van der Waals surface area (Å²) in [4.78, 5) is 15.2. The highest BCUT2D eigenvalue weighted by atomic mass is 16.3. The van der Waals surface area contributed by atoms with Crippen molar-refractivity contribution in [2.45, 2.75) is 0 Å². The molecule has 0 bridgehead atoms. The molecule has 57 heavy (non-hydrogen) atoms. The summed E-state index contributed by atoms with van der Waals surface area (Å²) in [7, 11) is 0. The van der Waals surface area contributed by atoms with Gasteiger partial charge in [0, 0.05) is 49.0 Å². The summed E-state index contributed by atoms with van der Waals surface area (Å²) < 4.78 is 18.9. The number of furan rings is 3. The van der Waals surface area contributed by atoms with E-state index in [-0.39, 0.29) is 0 Å². The first-order valence-corrected chi connectivity index (χ1v) is 18.9. The molecule has 12 aromatic rings. The summed E-state index contributed by atoms with van der Waals surface area (Å²) in [6.07, 6.45) is 0. The van der Waals surface area contributed by atoms with Gasteiger partial charge >= 0.3 is 0 Å². The fourth-order valence-electron chi connectivity index (χ4n) is 8.07. The van der Waals surface area contributed by atoms with E-state index in [1.54, 1.807) is 0 Å². The SMILES string of the molecule is c1ccc(-c2ccc3c(c2)oc2cc(-c4nc(-c5ccc(-c6ccc7c(c6)oc6ccccc67)cc5)nc(-c5ccc6c(c5)oc5ccccc56)n4)ccc23)cc1. The predicted molar refractivity (Wildman–Crippen MR) is 229 cm³/mol. The van der Waals surface area contributed by atoms with E-state index in [9.17, 15) is 0 Å². The largest absolute Gasteiger partial charge is 0.456 e. The Hall–Kier alpha value is -7.83. The Bertz CT molecular complexity index is 3520. The number of benzene rings is 8. The third-order valence-corrected chi connectivity index (χ3v) is 11.0. The number of fused-ring (bicyclic) bond motifs is 9. The zero-order valence-electron chi connectivity index (χ0n) is 30.3. The zero-order chi connectivity index (χ0) is 37.5. The molecule has 6 nitrogen and oxygen atoms in total. The second-order valence-corrected chi connectivity index (χ2v) is 14.4. The van der Waals surface area contributed by atoms with Crippen LogP contribution in [0.25, 0.3) is 122 Å². The summed E-state index contributed by atoms with van der Waals surface area (Å²) in [6.45, 7) is 0. The van der Waals surface area contributed by atoms with Gasteiger partial charge in [-0.15, -0.1) is 0 Å². The van der Waals surface area contributed by atoms with Crippen LogP contribution < -0.4 is 0 Å². The molecule has 0 aliphatic heterocycles. The van der Waals surface area contributed by atoms with Gasteiger partial charge in [0.2, 0.25) is 0 Å². The van der Waals surface area contributed by atoms with E-state index in [2.05, 4.69) is 109 Å². The molecule has 0 spiro atoms. The number of nitrogens with zero attached hydrogens (tertiary/aromatic N) is 3. The maximum atomic E-state index is 6.49. The van der Waals surface area contributed by atoms with Crippen LogP contribution in [0.15, 0.2) is 189 Å². The molecule has 4 aromatic heterocycles. The highest BCUT2D eigenvalue weighted by Crippen LogP contribution is 2.37. The molecular weight excluding hydrogens is 703 g/mol. The summed E-state index contributed by atoms with van der Waals surface area (Å²) >= 11 is 0. The van der Waals surface area contributed by atoms with Crippen LogP contribution in [-0.2, 0) is 0 Å². The van der Waals surface area contributed by atoms with Crippen molar-refractivity contribution >= 4 is 65.8 Å². The first-order valence-electron chi connectivity index (χ1n) is 18.9. The van der Waals surface area contributed by atoms with Gasteiger partial charge in [-0.1, -0.05) is 115 Å². The van der Waals surface area contributed by atoms with Crippen LogP contribution in [-0.4, -0.2) is 15.0 Å². The number of hydrogen-bond donors (Lipinski definition) is 0. The van der Waals surface area contributed by atoms with Crippen molar-refractivity contribution in [2.75, 3.05) is 0 Å². The van der Waals surface area contributed by atoms with E-state index in [4.69, 9.17) is 28.2 Å². The fraction of sp³-hybridized carbons (Fsp3) is 0. The minimum absolute atomic E-state index is 0.548. The first kappa shape index (κ1) is 31.5. The molecular formula is C51H29N3O3. The number of aromatic nitrogens is 3. The van der Waals surface area contributed by atoms with Gasteiger partial charge < -0.3 is 13.3 Å². The molecule has 0 unspecified atom stereocenters. The van der Waals surface area contributed by atoms with Crippen LogP contribution in [0, 0.1) is 0 Å². The van der Waals surface area contributed by atoms with Crippen molar-refractivity contribution in [3.05, 3.63) is 176 Å². The van der Waals surface area contributed by atoms with Crippen LogP contribution in [0.1, 0.15) is 0 Å². The topological polar surface area (TPSA) is 78.1 Å². The maximum Gasteiger partial charge on any atom is 0.164 e. The van der Waals surface area contributed by atoms with E-state index >= 15 is 0 Å². The van der Waals surface area contributed by atoms with E-state index in [0.29, 0.717) is 17.5 Å². The van der Waals surface area contributed by atoms with E-state index in [0.717, 1.165) is 105 Å². The minimum Gasteiger partial charge on any atom is -0.456 e. The standard InChI is InChI=1S/C51H29N3O3/c1-2-8-30(9-3-1)33-18-23-41-42-25-21-36(29-48(42)57-46(41)26-33)51-53-49(52-50(54-51)35-20-24-40-38-11-5-7-13-44(38)56-47(40)28-35)32-16-14-31(15-17-32)34-19-22-39-37-10-4-6-12-43(37)55-45(39)27-34/h1-29H. The van der Waals surface area contributed by atoms with Crippen molar-refractivity contribution < 1.29 is 13.3 Å². The maximum absolute atomic E-state index is 6.49. The van der Waals surface area contributed by atoms with Crippen LogP contribution in [0.4, 0.5) is 0 Å². The van der Waals surface area contributed by atoms with Gasteiger partial charge in [0.05, 0.1) is 0 Å². The van der Waals surface area contributed by atoms with Gasteiger partial charge in [-0.2, -0.15) is 0 Å². The number of rotatable bonds is 5. The lowest BCUT2D eigenvalue weighted by Gasteiger charge is -2.09. The Labute approximate surface area is 325 Å². The highest BCUT2D eigenvalue weighted by Gasteiger charge is 2.17. The van der Waals surface area contributed by atoms with Crippen LogP contribution in [0.3, 0.4) is 0 Å². The Morgan fingerprint density at radius 1 is 0.228 bits per heavy atom. The highest BCUT2D eigenvalue weighted by molar-refractivity contribution is 6.08. The molecule has 266 valence electrons. The van der Waals surface area contributed by atoms with Crippen molar-refractivity contribution in [1.29, 1.82) is 0 Å². The Kier molecular flexibility index (Phi) is 6.83. The second kappa shape index (κ2) is 12.3. The Morgan fingerprint density at radius 2 is 0.544 bits per heavy atom. The Morgan fingerprint density at radius 3 is 1.04 bits per heavy atom. The summed E-state index contributed by atoms with van der Waals surface area (Å²) in [6, 6.07) is 60.0. The molecule has 0 fully saturated rings. The van der Waals surface area contributed by atoms with Gasteiger partial charge in [0.15, 0.2) is 17.5 Å². The average Bonchev–Trinajstić information content (AvgIpc) is 3.96. The summed E-state index contributed by atoms with van der Waals surface area (Å²) in [5.74, 6) is 1.66. The van der Waals surface area contributed by atoms with Crippen LogP contribution >= 0.6 is 0 Å². The van der Waals surface area contributed by atoms with Gasteiger partial charge in [0.25, 0.3) is 0 Å². The van der Waals surface area contributed by atoms with Crippen molar-refractivity contribution in [2.24, 2.45) is 0 Å². The molecule has 0 radical (unpaired) electrons. The Balaban J connectivity index is 0.969. The third-order valence-electron chi connectivity index (χ3n) is 11.0. The van der Waals surface area contributed by atoms with Gasteiger partial charge in [-0.3, -0.25) is 0 Å². The minimum atomic E-state index is 0.548. The molecule has 0 N–H and O–H groups in total. The quantitative estimate of drug-likeness (QED) is 0.175. The van der Waals surface area contributed by atoms with Crippen LogP contribution in [0.2, 0.25) is 0 Å². The zero-order valence-corrected chi connectivity index (χ0v) is 30.3. The lowest BCUT2D eigenvalue weighted by molar-refractivity contribution is 0.668. The number of para-hydroxylation sites is 2. The van der Waals surface area contributed by atoms with Gasteiger partial charge in [0.1, 0.15) is 33.5 Å². The normalized spacial score (nSPS) is 11.9. The lowest BCUT2D eigenvalue weighted by atomic mass is 10.0. The van der Waals surface area contributed by atoms with Crippen LogP contribution in [0.5, 0.6) is 0 Å². The molecule has 0 amide bonds. The first-order chi connectivity index (χ1) is 28.2. The molecule has 0 aliphatic rings. The third kappa shape index (κ3) is 5.23. The molecule has 0 saturated heterocycles. The van der Waals surface area contributed by atoms with Crippen molar-refractivity contribution in [3.8, 4) is 56.4 Å². The average molecular weight is 732 g/mol. The molecule has 0 saturated carbocycles. The van der Waals surface area contributed by atoms with Gasteiger partial charge in [-0.25, -0.2) is 15.0 Å². The molecule has 8 aromatic carbocycles. The van der Waals surface area contributed by atoms with E-state index in [1.165, 1.54) is 0 Å². The molecule has 0 atom stereocenters. The smallest absolute Gasteiger partial charge is 0.164 e. The van der Waals surface area contributed by atoms with Crippen molar-refractivity contribution in [3.63, 3.8) is 0 Å². The van der Waals surface area contributed by atoms with E-state index < -0.39 is 0 Å². The number of hydrogen-bond acceptors (Lipinski definition) is 6. The summed E-state index contributed by atoms with van der Waals surface area (Å²) in [5.41, 5.74) is 11.9. The molecule has 6 heteroatoms.